The number of benzene rings is 1. The molecule has 0 aromatic heterocycles. The second kappa shape index (κ2) is 5.77. The van der Waals surface area contributed by atoms with Gasteiger partial charge in [0.25, 0.3) is 0 Å². The third kappa shape index (κ3) is 2.61. The zero-order valence-electron chi connectivity index (χ0n) is 12.1. The van der Waals surface area contributed by atoms with Crippen molar-refractivity contribution in [2.45, 2.75) is 44.6 Å². The highest BCUT2D eigenvalue weighted by Crippen LogP contribution is 2.37. The summed E-state index contributed by atoms with van der Waals surface area (Å²) in [5.74, 6) is 0.701. The van der Waals surface area contributed by atoms with Gasteiger partial charge in [-0.3, -0.25) is 4.79 Å². The first-order valence-electron chi connectivity index (χ1n) is 7.69. The lowest BCUT2D eigenvalue weighted by Crippen LogP contribution is -2.42. The van der Waals surface area contributed by atoms with E-state index in [4.69, 9.17) is 4.74 Å². The zero-order valence-corrected chi connectivity index (χ0v) is 12.1. The molecule has 1 aromatic carbocycles. The van der Waals surface area contributed by atoms with Crippen LogP contribution in [0.3, 0.4) is 0 Å². The van der Waals surface area contributed by atoms with Crippen LogP contribution in [-0.2, 0) is 4.79 Å². The Hall–Kier alpha value is -2.02. The van der Waals surface area contributed by atoms with E-state index in [0.717, 1.165) is 37.0 Å². The molecule has 4 heteroatoms. The number of amides is 1. The van der Waals surface area contributed by atoms with Crippen molar-refractivity contribution in [3.63, 3.8) is 0 Å². The van der Waals surface area contributed by atoms with Gasteiger partial charge in [-0.25, -0.2) is 0 Å². The van der Waals surface area contributed by atoms with Crippen molar-refractivity contribution in [3.05, 3.63) is 29.8 Å². The smallest absolute Gasteiger partial charge is 0.241 e. The third-order valence-electron chi connectivity index (χ3n) is 4.61. The predicted molar refractivity (Wildman–Crippen MR) is 78.6 cm³/mol. The van der Waals surface area contributed by atoms with Gasteiger partial charge >= 0.3 is 0 Å². The number of fused-ring (bicyclic) bond motifs is 1. The number of nitrogens with one attached hydrogen (secondary N) is 1. The van der Waals surface area contributed by atoms with Crippen LogP contribution in [0.15, 0.2) is 24.3 Å². The summed E-state index contributed by atoms with van der Waals surface area (Å²) in [6.45, 7) is 0.451. The van der Waals surface area contributed by atoms with Gasteiger partial charge in [0.2, 0.25) is 5.91 Å². The van der Waals surface area contributed by atoms with E-state index in [1.54, 1.807) is 0 Å². The minimum Gasteiger partial charge on any atom is -0.491 e. The number of hydrogen-bond acceptors (Lipinski definition) is 3. The maximum absolute atomic E-state index is 12.7. The lowest BCUT2D eigenvalue weighted by Gasteiger charge is -2.25. The molecule has 1 N–H and O–H groups in total. The van der Waals surface area contributed by atoms with Gasteiger partial charge in [-0.1, -0.05) is 43.9 Å². The van der Waals surface area contributed by atoms with Crippen LogP contribution in [0, 0.1) is 16.7 Å². The van der Waals surface area contributed by atoms with Gasteiger partial charge in [0.1, 0.15) is 17.8 Å². The van der Waals surface area contributed by atoms with Crippen LogP contribution >= 0.6 is 0 Å². The van der Waals surface area contributed by atoms with E-state index >= 15 is 0 Å². The van der Waals surface area contributed by atoms with Crippen LogP contribution in [0.4, 0.5) is 0 Å². The number of ether oxygens (including phenoxy) is 1. The molecule has 1 unspecified atom stereocenters. The Morgan fingerprint density at radius 1 is 1.24 bits per heavy atom. The summed E-state index contributed by atoms with van der Waals surface area (Å²) in [6, 6.07) is 9.91. The number of nitrogens with zero attached hydrogens (tertiary/aromatic N) is 1. The first-order chi connectivity index (χ1) is 10.2. The van der Waals surface area contributed by atoms with Crippen molar-refractivity contribution in [2.75, 3.05) is 6.61 Å². The van der Waals surface area contributed by atoms with Crippen molar-refractivity contribution in [1.82, 2.24) is 5.32 Å². The van der Waals surface area contributed by atoms with Gasteiger partial charge in [-0.2, -0.15) is 5.26 Å². The van der Waals surface area contributed by atoms with Gasteiger partial charge in [0.15, 0.2) is 0 Å². The summed E-state index contributed by atoms with van der Waals surface area (Å²) in [7, 11) is 0. The highest BCUT2D eigenvalue weighted by Gasteiger charge is 2.40. The number of hydrogen-bond donors (Lipinski definition) is 1. The van der Waals surface area contributed by atoms with E-state index in [1.165, 1.54) is 0 Å². The molecular formula is C17H20N2O2. The van der Waals surface area contributed by atoms with Crippen molar-refractivity contribution in [2.24, 2.45) is 5.41 Å². The maximum Gasteiger partial charge on any atom is 0.241 e. The molecule has 1 fully saturated rings. The first kappa shape index (κ1) is 13.9. The van der Waals surface area contributed by atoms with E-state index in [-0.39, 0.29) is 11.9 Å². The topological polar surface area (TPSA) is 62.1 Å². The quantitative estimate of drug-likeness (QED) is 0.849. The lowest BCUT2D eigenvalue weighted by molar-refractivity contribution is -0.129. The Kier molecular flexibility index (Phi) is 3.83. The van der Waals surface area contributed by atoms with Gasteiger partial charge in [0, 0.05) is 5.56 Å². The van der Waals surface area contributed by atoms with Gasteiger partial charge < -0.3 is 10.1 Å². The van der Waals surface area contributed by atoms with Gasteiger partial charge in [-0.05, 0) is 18.9 Å². The van der Waals surface area contributed by atoms with Crippen LogP contribution in [0.1, 0.15) is 50.1 Å². The molecule has 1 aliphatic heterocycles. The van der Waals surface area contributed by atoms with Crippen LogP contribution in [-0.4, -0.2) is 12.5 Å². The molecule has 0 bridgehead atoms. The molecule has 1 saturated carbocycles. The van der Waals surface area contributed by atoms with Crippen LogP contribution < -0.4 is 10.1 Å². The first-order valence-corrected chi connectivity index (χ1v) is 7.69. The number of rotatable bonds is 2. The van der Waals surface area contributed by atoms with Crippen LogP contribution in [0.5, 0.6) is 5.75 Å². The fourth-order valence-corrected chi connectivity index (χ4v) is 3.30. The maximum atomic E-state index is 12.7. The SMILES string of the molecule is N#CC1(C(=O)NC2COc3ccccc32)CCCCCC1. The van der Waals surface area contributed by atoms with Crippen LogP contribution in [0.25, 0.3) is 0 Å². The fourth-order valence-electron chi connectivity index (χ4n) is 3.30. The zero-order chi connectivity index (χ0) is 14.7. The minimum absolute atomic E-state index is 0.128. The fraction of sp³-hybridized carbons (Fsp3) is 0.529. The van der Waals surface area contributed by atoms with Crippen molar-refractivity contribution >= 4 is 5.91 Å². The molecule has 2 aliphatic rings. The largest absolute Gasteiger partial charge is 0.491 e. The summed E-state index contributed by atoms with van der Waals surface area (Å²) in [5.41, 5.74) is 0.154. The summed E-state index contributed by atoms with van der Waals surface area (Å²) in [6.07, 6.45) is 5.49. The Labute approximate surface area is 125 Å². The van der Waals surface area contributed by atoms with E-state index in [0.29, 0.717) is 19.4 Å². The monoisotopic (exact) mass is 284 g/mol. The summed E-state index contributed by atoms with van der Waals surface area (Å²) in [4.78, 5) is 12.7. The van der Waals surface area contributed by atoms with Crippen molar-refractivity contribution < 1.29 is 9.53 Å². The highest BCUT2D eigenvalue weighted by molar-refractivity contribution is 5.86. The molecule has 1 aromatic rings. The molecule has 110 valence electrons. The molecule has 0 saturated heterocycles. The number of para-hydroxylation sites is 1. The third-order valence-corrected chi connectivity index (χ3v) is 4.61. The van der Waals surface area contributed by atoms with Crippen molar-refractivity contribution in [1.29, 1.82) is 5.26 Å². The molecule has 4 nitrogen and oxygen atoms in total. The average molecular weight is 284 g/mol. The standard InChI is InChI=1S/C17H20N2O2/c18-12-17(9-5-1-2-6-10-17)16(20)19-14-11-21-15-8-4-3-7-13(14)15/h3-4,7-8,14H,1-2,5-6,9-11H2,(H,19,20). The Bertz CT molecular complexity index is 568. The molecule has 21 heavy (non-hydrogen) atoms. The van der Waals surface area contributed by atoms with E-state index in [9.17, 15) is 10.1 Å². The molecule has 1 atom stereocenters. The number of carbonyl (C=O) groups is 1. The summed E-state index contributed by atoms with van der Waals surface area (Å²) in [5, 5.41) is 12.6. The normalized spacial score (nSPS) is 23.3. The van der Waals surface area contributed by atoms with Crippen molar-refractivity contribution in [3.8, 4) is 11.8 Å². The summed E-state index contributed by atoms with van der Waals surface area (Å²) < 4.78 is 5.59. The summed E-state index contributed by atoms with van der Waals surface area (Å²) >= 11 is 0. The Balaban J connectivity index is 1.76. The molecule has 0 radical (unpaired) electrons. The second-order valence-corrected chi connectivity index (χ2v) is 5.98. The Morgan fingerprint density at radius 3 is 2.67 bits per heavy atom. The van der Waals surface area contributed by atoms with Gasteiger partial charge in [-0.15, -0.1) is 0 Å². The molecule has 3 rings (SSSR count). The lowest BCUT2D eigenvalue weighted by atomic mass is 9.80. The molecule has 1 aliphatic carbocycles. The highest BCUT2D eigenvalue weighted by atomic mass is 16.5. The molecule has 1 amide bonds. The molecular weight excluding hydrogens is 264 g/mol. The minimum atomic E-state index is -0.853. The van der Waals surface area contributed by atoms with E-state index in [1.807, 2.05) is 24.3 Å². The van der Waals surface area contributed by atoms with Crippen LogP contribution in [0.2, 0.25) is 0 Å². The Morgan fingerprint density at radius 2 is 1.95 bits per heavy atom. The second-order valence-electron chi connectivity index (χ2n) is 5.98. The predicted octanol–water partition coefficient (Wildman–Crippen LogP) is 3.10. The van der Waals surface area contributed by atoms with E-state index < -0.39 is 5.41 Å². The molecule has 1 heterocycles. The number of carbonyl (C=O) groups excluding carboxylic acids is 1. The molecule has 0 spiro atoms. The van der Waals surface area contributed by atoms with Gasteiger partial charge in [0.05, 0.1) is 12.1 Å². The van der Waals surface area contributed by atoms with E-state index in [2.05, 4.69) is 11.4 Å². The average Bonchev–Trinajstić information content (AvgIpc) is 2.76. The number of nitriles is 1.